The lowest BCUT2D eigenvalue weighted by atomic mass is 10.1. The third-order valence-electron chi connectivity index (χ3n) is 2.37. The van der Waals surface area contributed by atoms with Gasteiger partial charge in [-0.25, -0.2) is 0 Å². The Kier molecular flexibility index (Phi) is 2.59. The van der Waals surface area contributed by atoms with Gasteiger partial charge in [0.1, 0.15) is 6.29 Å². The lowest BCUT2D eigenvalue weighted by molar-refractivity contribution is -0.660. The molecule has 74 valence electrons. The van der Waals surface area contributed by atoms with Crippen LogP contribution in [0.2, 0.25) is 0 Å². The van der Waals surface area contributed by atoms with E-state index in [9.17, 15) is 4.79 Å². The van der Waals surface area contributed by atoms with E-state index < -0.39 is 0 Å². The largest absolute Gasteiger partial charge is 0.298 e. The highest BCUT2D eigenvalue weighted by Crippen LogP contribution is 2.10. The Balaban J connectivity index is 2.69. The second-order valence-electron chi connectivity index (χ2n) is 3.39. The summed E-state index contributed by atoms with van der Waals surface area (Å²) in [6.45, 7) is 4.46. The van der Waals surface area contributed by atoms with Crippen LogP contribution >= 0.6 is 0 Å². The van der Waals surface area contributed by atoms with Crippen LogP contribution in [0.3, 0.4) is 0 Å². The second-order valence-corrected chi connectivity index (χ2v) is 3.39. The maximum atomic E-state index is 10.7. The number of hydrogen-bond acceptors (Lipinski definition) is 1. The first kappa shape index (κ1) is 9.59. The van der Waals surface area contributed by atoms with Crippen molar-refractivity contribution in [2.24, 2.45) is 0 Å². The fourth-order valence-electron chi connectivity index (χ4n) is 1.65. The van der Waals surface area contributed by atoms with E-state index in [-0.39, 0.29) is 0 Å². The van der Waals surface area contributed by atoms with E-state index in [1.807, 2.05) is 42.6 Å². The summed E-state index contributed by atoms with van der Waals surface area (Å²) in [5.74, 6) is 0. The number of pyridine rings is 1. The molecule has 1 aromatic heterocycles. The number of fused-ring (bicyclic) bond motifs is 1. The first-order chi connectivity index (χ1) is 7.35. The summed E-state index contributed by atoms with van der Waals surface area (Å²) in [7, 11) is 0. The van der Waals surface area contributed by atoms with E-state index in [0.717, 1.165) is 23.7 Å². The third kappa shape index (κ3) is 1.79. The number of benzene rings is 1. The van der Waals surface area contributed by atoms with Crippen LogP contribution in [0.1, 0.15) is 10.4 Å². The number of carbonyl (C=O) groups excluding carboxylic acids is 1. The Morgan fingerprint density at radius 2 is 2.20 bits per heavy atom. The van der Waals surface area contributed by atoms with Crippen molar-refractivity contribution in [3.8, 4) is 0 Å². The maximum Gasteiger partial charge on any atom is 0.213 e. The lowest BCUT2D eigenvalue weighted by Gasteiger charge is -1.99. The van der Waals surface area contributed by atoms with Crippen molar-refractivity contribution in [3.63, 3.8) is 0 Å². The van der Waals surface area contributed by atoms with Gasteiger partial charge in [0.05, 0.1) is 0 Å². The number of rotatable bonds is 3. The highest BCUT2D eigenvalue weighted by molar-refractivity contribution is 5.84. The van der Waals surface area contributed by atoms with Crippen molar-refractivity contribution in [1.82, 2.24) is 0 Å². The zero-order chi connectivity index (χ0) is 10.7. The van der Waals surface area contributed by atoms with Gasteiger partial charge in [-0.15, -0.1) is 0 Å². The minimum absolute atomic E-state index is 0.700. The van der Waals surface area contributed by atoms with Crippen LogP contribution in [0.5, 0.6) is 0 Å². The van der Waals surface area contributed by atoms with Crippen LogP contribution in [0.25, 0.3) is 10.9 Å². The predicted molar refractivity (Wildman–Crippen MR) is 59.7 cm³/mol. The van der Waals surface area contributed by atoms with Gasteiger partial charge < -0.3 is 0 Å². The molecule has 2 nitrogen and oxygen atoms in total. The smallest absolute Gasteiger partial charge is 0.213 e. The summed E-state index contributed by atoms with van der Waals surface area (Å²) in [5, 5.41) is 1.13. The molecule has 2 heteroatoms. The Hall–Kier alpha value is -1.96. The van der Waals surface area contributed by atoms with Gasteiger partial charge in [-0.05, 0) is 18.2 Å². The maximum absolute atomic E-state index is 10.7. The molecule has 2 rings (SSSR count). The first-order valence-electron chi connectivity index (χ1n) is 4.83. The second kappa shape index (κ2) is 4.05. The summed E-state index contributed by atoms with van der Waals surface area (Å²) in [4.78, 5) is 10.7. The van der Waals surface area contributed by atoms with Gasteiger partial charge in [-0.3, -0.25) is 4.79 Å². The number of aldehydes is 1. The highest BCUT2D eigenvalue weighted by Gasteiger charge is 2.06. The van der Waals surface area contributed by atoms with E-state index in [1.165, 1.54) is 0 Å². The summed E-state index contributed by atoms with van der Waals surface area (Å²) >= 11 is 0. The summed E-state index contributed by atoms with van der Waals surface area (Å²) in [6.07, 6.45) is 4.69. The van der Waals surface area contributed by atoms with Gasteiger partial charge in [-0.2, -0.15) is 4.57 Å². The van der Waals surface area contributed by atoms with Crippen molar-refractivity contribution in [1.29, 1.82) is 0 Å². The molecule has 1 heterocycles. The van der Waals surface area contributed by atoms with E-state index in [1.54, 1.807) is 0 Å². The average molecular weight is 198 g/mol. The van der Waals surface area contributed by atoms with Gasteiger partial charge in [0, 0.05) is 23.1 Å². The molecule has 0 aliphatic heterocycles. The Labute approximate surface area is 88.5 Å². The predicted octanol–water partition coefficient (Wildman–Crippen LogP) is 2.13. The number of allylic oxidation sites excluding steroid dienone is 1. The van der Waals surface area contributed by atoms with Gasteiger partial charge >= 0.3 is 0 Å². The van der Waals surface area contributed by atoms with Crippen LogP contribution in [0, 0.1) is 0 Å². The molecule has 0 radical (unpaired) electrons. The van der Waals surface area contributed by atoms with Crippen molar-refractivity contribution >= 4 is 17.2 Å². The van der Waals surface area contributed by atoms with Crippen molar-refractivity contribution < 1.29 is 9.36 Å². The molecule has 2 aromatic rings. The molecule has 0 aliphatic rings. The molecule has 0 spiro atoms. The van der Waals surface area contributed by atoms with Crippen molar-refractivity contribution in [2.75, 3.05) is 0 Å². The van der Waals surface area contributed by atoms with Gasteiger partial charge in [0.2, 0.25) is 5.52 Å². The summed E-state index contributed by atoms with van der Waals surface area (Å²) in [5.41, 5.74) is 1.76. The highest BCUT2D eigenvalue weighted by atomic mass is 16.1. The fourth-order valence-corrected chi connectivity index (χ4v) is 1.65. The quantitative estimate of drug-likeness (QED) is 0.420. The standard InChI is InChI=1S/C13H12NO/c1-2-7-14-8-3-4-12-6-5-11(10-15)9-13(12)14/h2-6,8-10H,1,7H2/q+1. The van der Waals surface area contributed by atoms with E-state index in [0.29, 0.717) is 5.56 Å². The molecule has 0 aliphatic carbocycles. The molecule has 15 heavy (non-hydrogen) atoms. The zero-order valence-corrected chi connectivity index (χ0v) is 8.39. The molecular weight excluding hydrogens is 186 g/mol. The molecule has 0 saturated heterocycles. The lowest BCUT2D eigenvalue weighted by Crippen LogP contribution is -2.32. The number of aromatic nitrogens is 1. The molecule has 1 aromatic carbocycles. The minimum Gasteiger partial charge on any atom is -0.298 e. The Morgan fingerprint density at radius 1 is 1.33 bits per heavy atom. The average Bonchev–Trinajstić information content (AvgIpc) is 2.29. The Morgan fingerprint density at radius 3 is 2.93 bits per heavy atom. The molecule has 0 N–H and O–H groups in total. The molecule has 0 amide bonds. The van der Waals surface area contributed by atoms with Crippen LogP contribution in [-0.4, -0.2) is 6.29 Å². The Bertz CT molecular complexity index is 517. The van der Waals surface area contributed by atoms with E-state index in [4.69, 9.17) is 0 Å². The van der Waals surface area contributed by atoms with Crippen LogP contribution in [0.15, 0.2) is 49.2 Å². The molecule has 0 fully saturated rings. The number of hydrogen-bond donors (Lipinski definition) is 0. The minimum atomic E-state index is 0.700. The number of nitrogens with zero attached hydrogens (tertiary/aromatic N) is 1. The van der Waals surface area contributed by atoms with Gasteiger partial charge in [0.15, 0.2) is 12.7 Å². The monoisotopic (exact) mass is 198 g/mol. The summed E-state index contributed by atoms with van der Waals surface area (Å²) in [6, 6.07) is 9.70. The fraction of sp³-hybridized carbons (Fsp3) is 0.0769. The van der Waals surface area contributed by atoms with Crippen LogP contribution in [0.4, 0.5) is 0 Å². The first-order valence-corrected chi connectivity index (χ1v) is 4.83. The van der Waals surface area contributed by atoms with Crippen LogP contribution in [-0.2, 0) is 6.54 Å². The van der Waals surface area contributed by atoms with Crippen molar-refractivity contribution in [3.05, 3.63) is 54.7 Å². The van der Waals surface area contributed by atoms with Gasteiger partial charge in [-0.1, -0.05) is 12.6 Å². The van der Waals surface area contributed by atoms with Gasteiger partial charge in [0.25, 0.3) is 0 Å². The van der Waals surface area contributed by atoms with Crippen molar-refractivity contribution in [2.45, 2.75) is 6.54 Å². The summed E-state index contributed by atoms with van der Waals surface area (Å²) < 4.78 is 2.06. The molecule has 0 unspecified atom stereocenters. The molecule has 0 bridgehead atoms. The SMILES string of the molecule is C=CC[n+]1cccc2ccc(C=O)cc21. The zero-order valence-electron chi connectivity index (χ0n) is 8.39. The van der Waals surface area contributed by atoms with E-state index in [2.05, 4.69) is 11.1 Å². The van der Waals surface area contributed by atoms with Crippen LogP contribution < -0.4 is 4.57 Å². The molecular formula is C13H12NO+. The van der Waals surface area contributed by atoms with E-state index >= 15 is 0 Å². The topological polar surface area (TPSA) is 20.9 Å². The normalized spacial score (nSPS) is 10.1. The number of carbonyl (C=O) groups is 1. The molecule has 0 saturated carbocycles. The third-order valence-corrected chi connectivity index (χ3v) is 2.37. The molecule has 0 atom stereocenters.